The molecule has 59 heavy (non-hydrogen) atoms. The normalized spacial score (nSPS) is 12.3. The number of fused-ring (bicyclic) bond motifs is 12. The lowest BCUT2D eigenvalue weighted by molar-refractivity contribution is 1.01. The lowest BCUT2D eigenvalue weighted by Crippen LogP contribution is -2.04. The van der Waals surface area contributed by atoms with Gasteiger partial charge in [-0.1, -0.05) is 152 Å². The second-order valence-corrected chi connectivity index (χ2v) is 15.7. The molecule has 4 heteroatoms. The fraction of sp³-hybridized carbons (Fsp3) is 0.0182. The van der Waals surface area contributed by atoms with Crippen molar-refractivity contribution in [2.24, 2.45) is 0 Å². The summed E-state index contributed by atoms with van der Waals surface area (Å²) < 4.78 is 4.70. The average molecular weight is 751 g/mol. The Kier molecular flexibility index (Phi) is 6.75. The zero-order chi connectivity index (χ0) is 38.6. The summed E-state index contributed by atoms with van der Waals surface area (Å²) in [4.78, 5) is 11.0. The smallest absolute Gasteiger partial charge is 0.235 e. The van der Waals surface area contributed by atoms with Crippen LogP contribution in [0, 0.1) is 0 Å². The van der Waals surface area contributed by atoms with Gasteiger partial charge in [-0.15, -0.1) is 0 Å². The van der Waals surface area contributed by atoms with Gasteiger partial charge in [-0.2, -0.15) is 0 Å². The first-order valence-corrected chi connectivity index (χ1v) is 20.3. The molecule has 13 rings (SSSR count). The molecule has 274 valence electrons. The van der Waals surface area contributed by atoms with Crippen LogP contribution < -0.4 is 0 Å². The van der Waals surface area contributed by atoms with Gasteiger partial charge in [-0.25, -0.2) is 9.97 Å². The van der Waals surface area contributed by atoms with Crippen molar-refractivity contribution >= 4 is 65.3 Å². The van der Waals surface area contributed by atoms with Crippen LogP contribution in [0.5, 0.6) is 0 Å². The van der Waals surface area contributed by atoms with Gasteiger partial charge < -0.3 is 4.57 Å². The first-order valence-electron chi connectivity index (χ1n) is 20.3. The number of rotatable bonds is 4. The molecule has 0 amide bonds. The number of aromatic nitrogens is 4. The summed E-state index contributed by atoms with van der Waals surface area (Å²) in [6, 6.07) is 70.3. The summed E-state index contributed by atoms with van der Waals surface area (Å²) in [5.74, 6) is 0.666. The Morgan fingerprint density at radius 3 is 1.88 bits per heavy atom. The number of benzene rings is 9. The minimum absolute atomic E-state index is 0.666. The van der Waals surface area contributed by atoms with E-state index in [9.17, 15) is 0 Å². The van der Waals surface area contributed by atoms with E-state index in [2.05, 4.69) is 203 Å². The third-order valence-electron chi connectivity index (χ3n) is 12.6. The molecule has 1 aliphatic carbocycles. The largest absolute Gasteiger partial charge is 0.309 e. The van der Waals surface area contributed by atoms with E-state index < -0.39 is 0 Å². The van der Waals surface area contributed by atoms with E-state index in [1.54, 1.807) is 0 Å². The maximum absolute atomic E-state index is 5.60. The molecule has 0 atom stereocenters. The van der Waals surface area contributed by atoms with Crippen molar-refractivity contribution in [3.63, 3.8) is 0 Å². The number of hydrogen-bond donors (Lipinski definition) is 0. The molecule has 0 fully saturated rings. The molecule has 9 aromatic carbocycles. The minimum Gasteiger partial charge on any atom is -0.309 e. The van der Waals surface area contributed by atoms with E-state index in [1.807, 2.05) is 0 Å². The molecule has 4 nitrogen and oxygen atoms in total. The highest BCUT2D eigenvalue weighted by Gasteiger charge is 2.25. The standard InChI is InChI=1S/C55H34N4/c1-2-16-36(17-3-1)58-49-27-12-9-20-40(49)41-30-29-35(32-51(41)58)46-33-52-53(42-21-7-6-19-39(42)46)45-23-10-13-28-50(45)59(52)55-56-48-26-11-8-22-44(48)54(57-55)43-25-14-24-38-37-18-5-4-15-34(37)31-47(38)43/h1-30,32-33H,31H2. The summed E-state index contributed by atoms with van der Waals surface area (Å²) in [7, 11) is 0. The molecular formula is C55H34N4. The fourth-order valence-electron chi connectivity index (χ4n) is 10.0. The average Bonchev–Trinajstić information content (AvgIpc) is 3.96. The van der Waals surface area contributed by atoms with E-state index in [4.69, 9.17) is 9.97 Å². The van der Waals surface area contributed by atoms with E-state index in [-0.39, 0.29) is 0 Å². The van der Waals surface area contributed by atoms with Gasteiger partial charge in [0.1, 0.15) is 0 Å². The van der Waals surface area contributed by atoms with Gasteiger partial charge >= 0.3 is 0 Å². The van der Waals surface area contributed by atoms with Gasteiger partial charge in [0.25, 0.3) is 0 Å². The predicted molar refractivity (Wildman–Crippen MR) is 245 cm³/mol. The lowest BCUT2D eigenvalue weighted by atomic mass is 9.94. The van der Waals surface area contributed by atoms with Crippen LogP contribution in [-0.4, -0.2) is 19.1 Å². The molecule has 0 spiro atoms. The summed E-state index contributed by atoms with van der Waals surface area (Å²) in [6.07, 6.45) is 0.883. The van der Waals surface area contributed by atoms with E-state index in [1.165, 1.54) is 71.2 Å². The first-order chi connectivity index (χ1) is 29.3. The lowest BCUT2D eigenvalue weighted by Gasteiger charge is -2.15. The Morgan fingerprint density at radius 1 is 0.373 bits per heavy atom. The predicted octanol–water partition coefficient (Wildman–Crippen LogP) is 13.9. The van der Waals surface area contributed by atoms with Crippen molar-refractivity contribution in [1.29, 1.82) is 0 Å². The second kappa shape index (κ2) is 12.3. The molecule has 3 aromatic heterocycles. The van der Waals surface area contributed by atoms with Crippen LogP contribution in [-0.2, 0) is 6.42 Å². The third-order valence-corrected chi connectivity index (χ3v) is 12.6. The fourth-order valence-corrected chi connectivity index (χ4v) is 10.0. The maximum Gasteiger partial charge on any atom is 0.235 e. The summed E-state index contributed by atoms with van der Waals surface area (Å²) in [5, 5.41) is 8.33. The van der Waals surface area contributed by atoms with Crippen LogP contribution in [0.25, 0.3) is 110 Å². The van der Waals surface area contributed by atoms with Crippen molar-refractivity contribution in [2.75, 3.05) is 0 Å². The van der Waals surface area contributed by atoms with E-state index >= 15 is 0 Å². The zero-order valence-corrected chi connectivity index (χ0v) is 32.0. The highest BCUT2D eigenvalue weighted by atomic mass is 15.2. The van der Waals surface area contributed by atoms with Crippen LogP contribution in [0.3, 0.4) is 0 Å². The molecular weight excluding hydrogens is 717 g/mol. The van der Waals surface area contributed by atoms with Gasteiger partial charge in [0.05, 0.1) is 33.3 Å². The van der Waals surface area contributed by atoms with Crippen molar-refractivity contribution in [1.82, 2.24) is 19.1 Å². The van der Waals surface area contributed by atoms with Crippen molar-refractivity contribution in [3.05, 3.63) is 205 Å². The van der Waals surface area contributed by atoms with Gasteiger partial charge in [0.15, 0.2) is 0 Å². The van der Waals surface area contributed by atoms with Crippen LogP contribution in [0.2, 0.25) is 0 Å². The maximum atomic E-state index is 5.60. The van der Waals surface area contributed by atoms with Gasteiger partial charge in [0.2, 0.25) is 5.95 Å². The Balaban J connectivity index is 1.10. The van der Waals surface area contributed by atoms with E-state index in [0.29, 0.717) is 5.95 Å². The number of hydrogen-bond acceptors (Lipinski definition) is 2. The first kappa shape index (κ1) is 32.3. The Hall–Kier alpha value is -7.82. The number of nitrogens with zero attached hydrogens (tertiary/aromatic N) is 4. The summed E-state index contributed by atoms with van der Waals surface area (Å²) in [5.41, 5.74) is 16.3. The molecule has 12 aromatic rings. The van der Waals surface area contributed by atoms with Crippen LogP contribution in [0.15, 0.2) is 194 Å². The molecule has 0 N–H and O–H groups in total. The van der Waals surface area contributed by atoms with Gasteiger partial charge in [-0.05, 0) is 93.0 Å². The monoisotopic (exact) mass is 750 g/mol. The van der Waals surface area contributed by atoms with Crippen molar-refractivity contribution < 1.29 is 0 Å². The third kappa shape index (κ3) is 4.66. The molecule has 1 aliphatic rings. The Labute approximate surface area is 339 Å². The second-order valence-electron chi connectivity index (χ2n) is 15.7. The van der Waals surface area contributed by atoms with Gasteiger partial charge in [-0.3, -0.25) is 4.57 Å². The highest BCUT2D eigenvalue weighted by molar-refractivity contribution is 6.24. The molecule has 0 unspecified atom stereocenters. The highest BCUT2D eigenvalue weighted by Crippen LogP contribution is 2.45. The Morgan fingerprint density at radius 2 is 1.02 bits per heavy atom. The topological polar surface area (TPSA) is 35.6 Å². The summed E-state index contributed by atoms with van der Waals surface area (Å²) in [6.45, 7) is 0. The zero-order valence-electron chi connectivity index (χ0n) is 32.0. The molecule has 0 bridgehead atoms. The van der Waals surface area contributed by atoms with Crippen molar-refractivity contribution in [3.8, 4) is 45.1 Å². The SMILES string of the molecule is c1ccc(-n2c3ccccc3c3ccc(-c4cc5c(c6ccccc46)c4ccccc4n5-c4nc(-c5cccc6c5Cc5ccccc5-6)c5ccccc5n4)cc32)cc1. The quantitative estimate of drug-likeness (QED) is 0.180. The molecule has 0 saturated carbocycles. The Bertz CT molecular complexity index is 3700. The summed E-state index contributed by atoms with van der Waals surface area (Å²) >= 11 is 0. The van der Waals surface area contributed by atoms with Gasteiger partial charge in [0, 0.05) is 38.2 Å². The molecule has 0 radical (unpaired) electrons. The molecule has 3 heterocycles. The molecule has 0 aliphatic heterocycles. The van der Waals surface area contributed by atoms with Crippen LogP contribution in [0.1, 0.15) is 11.1 Å². The van der Waals surface area contributed by atoms with Crippen LogP contribution >= 0.6 is 0 Å². The van der Waals surface area contributed by atoms with E-state index in [0.717, 1.165) is 50.9 Å². The number of para-hydroxylation sites is 4. The molecule has 0 saturated heterocycles. The van der Waals surface area contributed by atoms with Crippen LogP contribution in [0.4, 0.5) is 0 Å². The van der Waals surface area contributed by atoms with Crippen molar-refractivity contribution in [2.45, 2.75) is 6.42 Å². The minimum atomic E-state index is 0.666.